The number of carbonyl (C=O) groups excluding carboxylic acids is 2. The quantitative estimate of drug-likeness (QED) is 0.522. The number of benzene rings is 2. The van der Waals surface area contributed by atoms with Gasteiger partial charge < -0.3 is 10.2 Å². The van der Waals surface area contributed by atoms with E-state index in [0.29, 0.717) is 5.69 Å². The largest absolute Gasteiger partial charge is 0.357 e. The Kier molecular flexibility index (Phi) is 7.29. The van der Waals surface area contributed by atoms with Crippen LogP contribution in [0.4, 0.5) is 5.69 Å². The predicted molar refractivity (Wildman–Crippen MR) is 149 cm³/mol. The molecular weight excluding hydrogens is 498 g/mol. The number of hydrogen-bond acceptors (Lipinski definition) is 4. The van der Waals surface area contributed by atoms with Crippen molar-refractivity contribution in [2.24, 2.45) is 17.8 Å². The van der Waals surface area contributed by atoms with E-state index in [1.807, 2.05) is 42.5 Å². The van der Waals surface area contributed by atoms with Crippen molar-refractivity contribution in [3.8, 4) is 0 Å². The van der Waals surface area contributed by atoms with Crippen LogP contribution < -0.4 is 9.62 Å². The van der Waals surface area contributed by atoms with E-state index >= 15 is 0 Å². The summed E-state index contributed by atoms with van der Waals surface area (Å²) in [5, 5.41) is 2.60. The second-order valence-corrected chi connectivity index (χ2v) is 13.7. The van der Waals surface area contributed by atoms with Crippen molar-refractivity contribution in [3.05, 3.63) is 65.7 Å². The minimum Gasteiger partial charge on any atom is -0.357 e. The number of nitrogens with zero attached hydrogens (tertiary/aromatic N) is 2. The van der Waals surface area contributed by atoms with Gasteiger partial charge in [0, 0.05) is 13.6 Å². The summed E-state index contributed by atoms with van der Waals surface area (Å²) in [5.74, 6) is 1.73. The smallest absolute Gasteiger partial charge is 0.244 e. The molecule has 8 heteroatoms. The van der Waals surface area contributed by atoms with Crippen LogP contribution in [0.2, 0.25) is 0 Å². The lowest BCUT2D eigenvalue weighted by Crippen LogP contribution is -2.50. The highest BCUT2D eigenvalue weighted by atomic mass is 32.2. The Morgan fingerprint density at radius 3 is 2.00 bits per heavy atom. The SMILES string of the molecule is CNC(=O)C(C)N(Cc1ccccc1)C(=O)CN(c1ccc(C23CC4CC(CC(C4)C2)C3)cc1)S(C)(=O)=O. The average molecular weight is 538 g/mol. The molecule has 4 saturated carbocycles. The lowest BCUT2D eigenvalue weighted by Gasteiger charge is -2.57. The Morgan fingerprint density at radius 2 is 1.50 bits per heavy atom. The number of carbonyl (C=O) groups is 2. The van der Waals surface area contributed by atoms with Gasteiger partial charge in [0.15, 0.2) is 0 Å². The average Bonchev–Trinajstić information content (AvgIpc) is 2.88. The van der Waals surface area contributed by atoms with E-state index in [4.69, 9.17) is 0 Å². The molecule has 4 aliphatic carbocycles. The van der Waals surface area contributed by atoms with Gasteiger partial charge >= 0.3 is 0 Å². The van der Waals surface area contributed by atoms with E-state index in [1.165, 1.54) is 56.0 Å². The third-order valence-electron chi connectivity index (χ3n) is 9.09. The monoisotopic (exact) mass is 537 g/mol. The highest BCUT2D eigenvalue weighted by Gasteiger charge is 2.51. The number of anilines is 1. The van der Waals surface area contributed by atoms with Crippen molar-refractivity contribution in [2.75, 3.05) is 24.2 Å². The second-order valence-electron chi connectivity index (χ2n) is 11.8. The minimum atomic E-state index is -3.74. The fraction of sp³-hybridized carbons (Fsp3) is 0.533. The first-order chi connectivity index (χ1) is 18.1. The van der Waals surface area contributed by atoms with Crippen LogP contribution in [-0.4, -0.2) is 51.0 Å². The molecule has 0 saturated heterocycles. The molecule has 2 aromatic carbocycles. The molecule has 0 aliphatic heterocycles. The topological polar surface area (TPSA) is 86.8 Å². The maximum absolute atomic E-state index is 13.6. The zero-order valence-electron chi connectivity index (χ0n) is 22.6. The highest BCUT2D eigenvalue weighted by Crippen LogP contribution is 2.60. The van der Waals surface area contributed by atoms with Gasteiger partial charge in [-0.3, -0.25) is 13.9 Å². The first kappa shape index (κ1) is 26.7. The van der Waals surface area contributed by atoms with Gasteiger partial charge in [-0.05, 0) is 91.9 Å². The maximum Gasteiger partial charge on any atom is 0.244 e. The van der Waals surface area contributed by atoms with Crippen LogP contribution in [0.5, 0.6) is 0 Å². The first-order valence-electron chi connectivity index (χ1n) is 13.7. The van der Waals surface area contributed by atoms with Crippen molar-refractivity contribution in [2.45, 2.75) is 63.5 Å². The van der Waals surface area contributed by atoms with Crippen LogP contribution in [0.15, 0.2) is 54.6 Å². The van der Waals surface area contributed by atoms with E-state index < -0.39 is 22.0 Å². The Labute approximate surface area is 226 Å². The molecule has 4 aliphatic rings. The van der Waals surface area contributed by atoms with Gasteiger partial charge in [0.1, 0.15) is 12.6 Å². The Balaban J connectivity index is 1.38. The molecule has 1 atom stereocenters. The molecule has 0 heterocycles. The summed E-state index contributed by atoms with van der Waals surface area (Å²) in [7, 11) is -2.22. The van der Waals surface area contributed by atoms with Crippen molar-refractivity contribution in [1.82, 2.24) is 10.2 Å². The van der Waals surface area contributed by atoms with Crippen molar-refractivity contribution >= 4 is 27.5 Å². The Bertz CT molecular complexity index is 1240. The van der Waals surface area contributed by atoms with Gasteiger partial charge in [-0.2, -0.15) is 0 Å². The predicted octanol–water partition coefficient (Wildman–Crippen LogP) is 4.08. The normalized spacial score (nSPS) is 26.6. The third kappa shape index (κ3) is 5.33. The van der Waals surface area contributed by atoms with Crippen LogP contribution in [0.3, 0.4) is 0 Å². The van der Waals surface area contributed by atoms with Crippen molar-refractivity contribution in [3.63, 3.8) is 0 Å². The summed E-state index contributed by atoms with van der Waals surface area (Å²) in [6.07, 6.45) is 8.94. The lowest BCUT2D eigenvalue weighted by molar-refractivity contribution is -0.139. The molecule has 1 unspecified atom stereocenters. The lowest BCUT2D eigenvalue weighted by atomic mass is 9.48. The molecule has 2 amide bonds. The number of amides is 2. The molecule has 0 aromatic heterocycles. The number of nitrogens with one attached hydrogen (secondary N) is 1. The van der Waals surface area contributed by atoms with Crippen LogP contribution in [-0.2, 0) is 31.6 Å². The van der Waals surface area contributed by atoms with Crippen LogP contribution in [0.25, 0.3) is 0 Å². The van der Waals surface area contributed by atoms with Gasteiger partial charge in [-0.15, -0.1) is 0 Å². The zero-order valence-corrected chi connectivity index (χ0v) is 23.4. The standard InChI is InChI=1S/C30H39N3O4S/c1-21(29(35)31-2)32(19-22-7-5-4-6-8-22)28(34)20-33(38(3,36)37)27-11-9-26(10-12-27)30-16-23-13-24(17-30)15-25(14-23)18-30/h4-12,21,23-25H,13-20H2,1-3H3,(H,31,35). The molecular formula is C30H39N3O4S. The van der Waals surface area contributed by atoms with Crippen molar-refractivity contribution in [1.29, 1.82) is 0 Å². The second kappa shape index (κ2) is 10.4. The van der Waals surface area contributed by atoms with Gasteiger partial charge in [0.05, 0.1) is 11.9 Å². The first-order valence-corrected chi connectivity index (χ1v) is 15.6. The third-order valence-corrected chi connectivity index (χ3v) is 10.2. The number of hydrogen-bond donors (Lipinski definition) is 1. The summed E-state index contributed by atoms with van der Waals surface area (Å²) >= 11 is 0. The van der Waals surface area contributed by atoms with Gasteiger partial charge in [0.2, 0.25) is 21.8 Å². The van der Waals surface area contributed by atoms with Crippen molar-refractivity contribution < 1.29 is 18.0 Å². The molecule has 204 valence electrons. The molecule has 6 rings (SSSR count). The molecule has 7 nitrogen and oxygen atoms in total. The summed E-state index contributed by atoms with van der Waals surface area (Å²) in [5.41, 5.74) is 2.86. The fourth-order valence-electron chi connectivity index (χ4n) is 7.63. The number of rotatable bonds is 9. The molecule has 4 bridgehead atoms. The Hall–Kier alpha value is -2.87. The molecule has 0 spiro atoms. The Morgan fingerprint density at radius 1 is 0.947 bits per heavy atom. The number of sulfonamides is 1. The van der Waals surface area contributed by atoms with E-state index in [-0.39, 0.29) is 24.4 Å². The van der Waals surface area contributed by atoms with E-state index in [2.05, 4.69) is 17.4 Å². The summed E-state index contributed by atoms with van der Waals surface area (Å²) in [4.78, 5) is 27.5. The summed E-state index contributed by atoms with van der Waals surface area (Å²) in [6.45, 7) is 1.49. The van der Waals surface area contributed by atoms with E-state index in [9.17, 15) is 18.0 Å². The van der Waals surface area contributed by atoms with Crippen LogP contribution in [0, 0.1) is 17.8 Å². The zero-order chi connectivity index (χ0) is 27.1. The van der Waals surface area contributed by atoms with Crippen LogP contribution >= 0.6 is 0 Å². The molecule has 0 radical (unpaired) electrons. The van der Waals surface area contributed by atoms with E-state index in [0.717, 1.165) is 33.9 Å². The molecule has 38 heavy (non-hydrogen) atoms. The maximum atomic E-state index is 13.6. The van der Waals surface area contributed by atoms with Gasteiger partial charge in [-0.1, -0.05) is 42.5 Å². The molecule has 2 aromatic rings. The van der Waals surface area contributed by atoms with E-state index in [1.54, 1.807) is 6.92 Å². The summed E-state index contributed by atoms with van der Waals surface area (Å²) in [6, 6.07) is 16.5. The summed E-state index contributed by atoms with van der Waals surface area (Å²) < 4.78 is 26.9. The van der Waals surface area contributed by atoms with Gasteiger partial charge in [0.25, 0.3) is 0 Å². The minimum absolute atomic E-state index is 0.205. The fourth-order valence-corrected chi connectivity index (χ4v) is 8.48. The van der Waals surface area contributed by atoms with Gasteiger partial charge in [-0.25, -0.2) is 8.42 Å². The van der Waals surface area contributed by atoms with Crippen LogP contribution in [0.1, 0.15) is 56.6 Å². The molecule has 4 fully saturated rings. The highest BCUT2D eigenvalue weighted by molar-refractivity contribution is 7.92. The molecule has 1 N–H and O–H groups in total. The number of likely N-dealkylation sites (N-methyl/N-ethyl adjacent to an activating group) is 1.